The molecule has 2 heterocycles. The van der Waals surface area contributed by atoms with E-state index in [0.29, 0.717) is 19.7 Å². The average molecular weight is 448 g/mol. The van der Waals surface area contributed by atoms with Crippen LogP contribution in [0.2, 0.25) is 5.02 Å². The number of benzene rings is 2. The maximum atomic E-state index is 12.6. The van der Waals surface area contributed by atoms with Crippen LogP contribution in [0.4, 0.5) is 4.79 Å². The highest BCUT2D eigenvalue weighted by Gasteiger charge is 2.33. The first-order valence-corrected chi connectivity index (χ1v) is 11.5. The van der Waals surface area contributed by atoms with E-state index in [1.807, 2.05) is 48.7 Å². The lowest BCUT2D eigenvalue weighted by molar-refractivity contribution is 0.0640. The Bertz CT molecular complexity index is 1100. The van der Waals surface area contributed by atoms with Gasteiger partial charge in [0, 0.05) is 37.4 Å². The molecule has 1 atom stereocenters. The molecular formula is C26H26ClN3O2. The maximum absolute atomic E-state index is 12.6. The second-order valence-corrected chi connectivity index (χ2v) is 8.79. The molecule has 5 nitrogen and oxygen atoms in total. The number of halogens is 1. The molecule has 32 heavy (non-hydrogen) atoms. The van der Waals surface area contributed by atoms with Crippen molar-refractivity contribution in [2.45, 2.75) is 25.5 Å². The van der Waals surface area contributed by atoms with Gasteiger partial charge in [0.1, 0.15) is 6.61 Å². The lowest BCUT2D eigenvalue weighted by atomic mass is 9.96. The second-order valence-electron chi connectivity index (χ2n) is 8.36. The molecule has 5 rings (SSSR count). The van der Waals surface area contributed by atoms with Gasteiger partial charge >= 0.3 is 6.09 Å². The molecule has 1 aliphatic heterocycles. The number of hydrogen-bond acceptors (Lipinski definition) is 4. The number of carbonyl (C=O) groups is 1. The van der Waals surface area contributed by atoms with Crippen molar-refractivity contribution in [2.24, 2.45) is 0 Å². The predicted molar refractivity (Wildman–Crippen MR) is 125 cm³/mol. The number of ether oxygens (including phenoxy) is 1. The minimum Gasteiger partial charge on any atom is -0.445 e. The number of nitrogens with zero attached hydrogens (tertiary/aromatic N) is 3. The molecule has 164 valence electrons. The van der Waals surface area contributed by atoms with E-state index >= 15 is 0 Å². The molecule has 1 amide bonds. The molecule has 2 aromatic carbocycles. The van der Waals surface area contributed by atoms with Crippen LogP contribution >= 0.6 is 11.6 Å². The summed E-state index contributed by atoms with van der Waals surface area (Å²) in [6, 6.07) is 20.3. The topological polar surface area (TPSA) is 45.7 Å². The zero-order chi connectivity index (χ0) is 21.9. The van der Waals surface area contributed by atoms with Crippen molar-refractivity contribution in [1.82, 2.24) is 14.8 Å². The monoisotopic (exact) mass is 447 g/mol. The summed E-state index contributed by atoms with van der Waals surface area (Å²) in [7, 11) is 0. The fourth-order valence-corrected chi connectivity index (χ4v) is 4.92. The standard InChI is InChI=1S/C26H26ClN3O2/c27-22-10-11-23-21(17-22)9-8-20-7-4-12-28-24(20)25(23)29-13-15-30(16-14-29)26(31)32-18-19-5-2-1-3-6-19/h1-7,10-12,17,25H,8-9,13-16,18H2. The number of piperazine rings is 1. The number of aryl methyl sites for hydroxylation is 2. The van der Waals surface area contributed by atoms with Crippen molar-refractivity contribution in [2.75, 3.05) is 26.2 Å². The highest BCUT2D eigenvalue weighted by atomic mass is 35.5. The molecule has 0 radical (unpaired) electrons. The van der Waals surface area contributed by atoms with Crippen LogP contribution in [0, 0.1) is 0 Å². The molecule has 1 unspecified atom stereocenters. The minimum atomic E-state index is -0.250. The van der Waals surface area contributed by atoms with Gasteiger partial charge in [-0.25, -0.2) is 4.79 Å². The zero-order valence-corrected chi connectivity index (χ0v) is 18.7. The summed E-state index contributed by atoms with van der Waals surface area (Å²) in [5.41, 5.74) is 5.95. The van der Waals surface area contributed by atoms with Gasteiger partial charge in [-0.3, -0.25) is 9.88 Å². The van der Waals surface area contributed by atoms with Crippen LogP contribution in [0.25, 0.3) is 0 Å². The number of fused-ring (bicyclic) bond motifs is 2. The van der Waals surface area contributed by atoms with Crippen molar-refractivity contribution in [3.05, 3.63) is 99.8 Å². The van der Waals surface area contributed by atoms with Crippen LogP contribution in [-0.2, 0) is 24.2 Å². The SMILES string of the molecule is O=C(OCc1ccccc1)N1CCN(C2c3ccc(Cl)cc3CCc3cccnc32)CC1. The predicted octanol–water partition coefficient (Wildman–Crippen LogP) is 4.88. The zero-order valence-electron chi connectivity index (χ0n) is 17.9. The van der Waals surface area contributed by atoms with Gasteiger partial charge in [-0.2, -0.15) is 0 Å². The summed E-state index contributed by atoms with van der Waals surface area (Å²) in [4.78, 5) is 21.6. The normalized spacial score (nSPS) is 18.4. The molecule has 6 heteroatoms. The van der Waals surface area contributed by atoms with Gasteiger partial charge < -0.3 is 9.64 Å². The molecule has 0 saturated carbocycles. The fourth-order valence-electron chi connectivity index (χ4n) is 4.73. The minimum absolute atomic E-state index is 0.0726. The molecule has 1 aromatic heterocycles. The number of rotatable bonds is 3. The molecule has 1 fully saturated rings. The third kappa shape index (κ3) is 4.36. The second kappa shape index (κ2) is 9.31. The highest BCUT2D eigenvalue weighted by Crippen LogP contribution is 2.37. The van der Waals surface area contributed by atoms with E-state index in [-0.39, 0.29) is 12.1 Å². The Morgan fingerprint density at radius 1 is 0.969 bits per heavy atom. The van der Waals surface area contributed by atoms with Crippen molar-refractivity contribution in [1.29, 1.82) is 0 Å². The average Bonchev–Trinajstić information content (AvgIpc) is 3.00. The maximum Gasteiger partial charge on any atom is 0.410 e. The Balaban J connectivity index is 1.31. The molecule has 0 N–H and O–H groups in total. The van der Waals surface area contributed by atoms with E-state index in [2.05, 4.69) is 23.1 Å². The summed E-state index contributed by atoms with van der Waals surface area (Å²) in [5.74, 6) is 0. The van der Waals surface area contributed by atoms with Crippen LogP contribution in [0.3, 0.4) is 0 Å². The molecule has 0 bridgehead atoms. The largest absolute Gasteiger partial charge is 0.445 e. The lowest BCUT2D eigenvalue weighted by Gasteiger charge is -2.39. The van der Waals surface area contributed by atoms with Crippen molar-refractivity contribution >= 4 is 17.7 Å². The van der Waals surface area contributed by atoms with Crippen molar-refractivity contribution in [3.8, 4) is 0 Å². The molecule has 1 saturated heterocycles. The Hall–Kier alpha value is -2.89. The van der Waals surface area contributed by atoms with E-state index < -0.39 is 0 Å². The first kappa shape index (κ1) is 21.0. The molecule has 0 spiro atoms. The quantitative estimate of drug-likeness (QED) is 0.574. The Morgan fingerprint density at radius 3 is 2.56 bits per heavy atom. The van der Waals surface area contributed by atoms with Crippen LogP contribution in [0.1, 0.15) is 34.0 Å². The van der Waals surface area contributed by atoms with Gasteiger partial charge in [-0.15, -0.1) is 0 Å². The summed E-state index contributed by atoms with van der Waals surface area (Å²) in [6.45, 7) is 3.10. The Morgan fingerprint density at radius 2 is 1.75 bits per heavy atom. The van der Waals surface area contributed by atoms with E-state index in [1.165, 1.54) is 16.7 Å². The van der Waals surface area contributed by atoms with E-state index in [0.717, 1.165) is 42.2 Å². The summed E-state index contributed by atoms with van der Waals surface area (Å²) in [5, 5.41) is 0.771. The van der Waals surface area contributed by atoms with E-state index in [4.69, 9.17) is 21.3 Å². The third-order valence-corrected chi connectivity index (χ3v) is 6.63. The fraction of sp³-hybridized carbons (Fsp3) is 0.308. The number of pyridine rings is 1. The molecule has 3 aromatic rings. The van der Waals surface area contributed by atoms with Gasteiger partial charge in [0.2, 0.25) is 0 Å². The third-order valence-electron chi connectivity index (χ3n) is 6.39. The first-order chi connectivity index (χ1) is 15.7. The highest BCUT2D eigenvalue weighted by molar-refractivity contribution is 6.30. The number of carbonyl (C=O) groups excluding carboxylic acids is 1. The molecular weight excluding hydrogens is 422 g/mol. The van der Waals surface area contributed by atoms with Gasteiger partial charge in [0.25, 0.3) is 0 Å². The van der Waals surface area contributed by atoms with Gasteiger partial charge in [0.05, 0.1) is 11.7 Å². The van der Waals surface area contributed by atoms with Crippen LogP contribution in [-0.4, -0.2) is 47.1 Å². The van der Waals surface area contributed by atoms with Gasteiger partial charge in [-0.05, 0) is 53.3 Å². The Labute approximate surface area is 193 Å². The molecule has 1 aliphatic carbocycles. The first-order valence-electron chi connectivity index (χ1n) is 11.1. The summed E-state index contributed by atoms with van der Waals surface area (Å²) >= 11 is 6.32. The number of hydrogen-bond donors (Lipinski definition) is 0. The number of aromatic nitrogens is 1. The van der Waals surface area contributed by atoms with Gasteiger partial charge in [0.15, 0.2) is 0 Å². The molecule has 2 aliphatic rings. The van der Waals surface area contributed by atoms with Crippen LogP contribution in [0.5, 0.6) is 0 Å². The lowest BCUT2D eigenvalue weighted by Crippen LogP contribution is -2.50. The van der Waals surface area contributed by atoms with Crippen LogP contribution < -0.4 is 0 Å². The van der Waals surface area contributed by atoms with Crippen molar-refractivity contribution in [3.63, 3.8) is 0 Å². The summed E-state index contributed by atoms with van der Waals surface area (Å²) < 4.78 is 5.54. The van der Waals surface area contributed by atoms with Crippen molar-refractivity contribution < 1.29 is 9.53 Å². The van der Waals surface area contributed by atoms with Gasteiger partial charge in [-0.1, -0.05) is 54.1 Å². The van der Waals surface area contributed by atoms with E-state index in [1.54, 1.807) is 4.90 Å². The van der Waals surface area contributed by atoms with Crippen LogP contribution in [0.15, 0.2) is 66.9 Å². The van der Waals surface area contributed by atoms with E-state index in [9.17, 15) is 4.79 Å². The number of amides is 1. The smallest absolute Gasteiger partial charge is 0.410 e. The summed E-state index contributed by atoms with van der Waals surface area (Å²) in [6.07, 6.45) is 3.54. The Kier molecular flexibility index (Phi) is 6.10.